The third-order valence-electron chi connectivity index (χ3n) is 8.00. The van der Waals surface area contributed by atoms with E-state index in [4.69, 9.17) is 6.57 Å². The van der Waals surface area contributed by atoms with Gasteiger partial charge < -0.3 is 5.32 Å². The second kappa shape index (κ2) is 7.47. The number of benzene rings is 1. The minimum atomic E-state index is -0.799. The van der Waals surface area contributed by atoms with Gasteiger partial charge in [-0.25, -0.2) is 23.0 Å². The fraction of sp³-hybridized carbons (Fsp3) is 0.480. The molecule has 170 valence electrons. The van der Waals surface area contributed by atoms with Crippen molar-refractivity contribution >= 4 is 22.4 Å². The molecule has 0 saturated heterocycles. The molecule has 2 aromatic heterocycles. The van der Waals surface area contributed by atoms with Gasteiger partial charge in [0.15, 0.2) is 17.5 Å². The first-order chi connectivity index (χ1) is 16.0. The number of H-pyrrole nitrogens is 1. The Morgan fingerprint density at radius 2 is 1.79 bits per heavy atom. The van der Waals surface area contributed by atoms with Crippen molar-refractivity contribution in [2.24, 2.45) is 17.8 Å². The number of aromatic amines is 1. The van der Waals surface area contributed by atoms with Gasteiger partial charge >= 0.3 is 0 Å². The Bertz CT molecular complexity index is 1300. The minimum Gasteiger partial charge on any atom is -0.364 e. The molecule has 33 heavy (non-hydrogen) atoms. The number of halogens is 3. The highest BCUT2D eigenvalue weighted by Gasteiger charge is 2.42. The predicted octanol–water partition coefficient (Wildman–Crippen LogP) is 6.71. The van der Waals surface area contributed by atoms with Crippen LogP contribution in [-0.4, -0.2) is 21.2 Å². The molecule has 1 aromatic carbocycles. The van der Waals surface area contributed by atoms with Crippen LogP contribution in [0.15, 0.2) is 12.1 Å². The Morgan fingerprint density at radius 3 is 2.45 bits per heavy atom. The molecule has 0 radical (unpaired) electrons. The second-order valence-electron chi connectivity index (χ2n) is 9.86. The van der Waals surface area contributed by atoms with E-state index < -0.39 is 17.5 Å². The highest BCUT2D eigenvalue weighted by atomic mass is 19.1. The molecular weight excluding hydrogens is 427 g/mol. The summed E-state index contributed by atoms with van der Waals surface area (Å²) in [5.41, 5.74) is 0.836. The van der Waals surface area contributed by atoms with Crippen molar-refractivity contribution < 1.29 is 13.2 Å². The Balaban J connectivity index is 1.52. The summed E-state index contributed by atoms with van der Waals surface area (Å²) in [4.78, 5) is 8.19. The standard InChI is InChI=1S/C25H24F3N5/c1-11-12-3-7-14(8-4-12)20(11)30-25-19(28)18(13-5-6-13)23(29-2)24(31-25)22-16-9-15(26)10-17(27)21(16)32-33-22/h9-14,20H,3-8H2,1H3,(H,30,31)(H,32,33). The van der Waals surface area contributed by atoms with Crippen LogP contribution >= 0.6 is 0 Å². The first-order valence-electron chi connectivity index (χ1n) is 11.7. The van der Waals surface area contributed by atoms with Crippen molar-refractivity contribution in [3.05, 3.63) is 46.6 Å². The normalized spacial score (nSPS) is 26.5. The van der Waals surface area contributed by atoms with E-state index in [-0.39, 0.29) is 45.8 Å². The van der Waals surface area contributed by atoms with Crippen LogP contribution in [0.1, 0.15) is 56.9 Å². The van der Waals surface area contributed by atoms with E-state index in [2.05, 4.69) is 32.3 Å². The van der Waals surface area contributed by atoms with Crippen molar-refractivity contribution in [2.75, 3.05) is 5.32 Å². The second-order valence-corrected chi connectivity index (χ2v) is 9.86. The van der Waals surface area contributed by atoms with Gasteiger partial charge in [0.1, 0.15) is 11.3 Å². The zero-order valence-electron chi connectivity index (χ0n) is 18.3. The maximum Gasteiger partial charge on any atom is 0.220 e. The van der Waals surface area contributed by atoms with Gasteiger partial charge in [-0.1, -0.05) is 6.92 Å². The van der Waals surface area contributed by atoms with E-state index in [1.54, 1.807) is 0 Å². The summed E-state index contributed by atoms with van der Waals surface area (Å²) < 4.78 is 44.1. The minimum absolute atomic E-state index is 0.0332. The average molecular weight is 451 g/mol. The molecule has 2 bridgehead atoms. The summed E-state index contributed by atoms with van der Waals surface area (Å²) in [6.45, 7) is 9.99. The summed E-state index contributed by atoms with van der Waals surface area (Å²) in [5, 5.41) is 10.3. The van der Waals surface area contributed by atoms with Crippen LogP contribution in [0.4, 0.5) is 24.7 Å². The Labute approximate surface area is 189 Å². The van der Waals surface area contributed by atoms with Crippen molar-refractivity contribution in [3.8, 4) is 11.4 Å². The van der Waals surface area contributed by atoms with E-state index in [0.717, 1.165) is 31.7 Å². The number of anilines is 1. The Hall–Kier alpha value is -3.08. The molecule has 4 aliphatic carbocycles. The van der Waals surface area contributed by atoms with Gasteiger partial charge in [0.2, 0.25) is 5.69 Å². The summed E-state index contributed by atoms with van der Waals surface area (Å²) in [6.07, 6.45) is 6.29. The number of rotatable bonds is 4. The quantitative estimate of drug-likeness (QED) is 0.434. The number of fused-ring (bicyclic) bond motifs is 4. The average Bonchev–Trinajstić information content (AvgIpc) is 3.55. The Morgan fingerprint density at radius 1 is 1.06 bits per heavy atom. The van der Waals surface area contributed by atoms with Crippen LogP contribution in [0.25, 0.3) is 27.1 Å². The van der Waals surface area contributed by atoms with E-state index in [0.29, 0.717) is 23.3 Å². The molecule has 2 unspecified atom stereocenters. The van der Waals surface area contributed by atoms with Gasteiger partial charge in [0.25, 0.3) is 0 Å². The van der Waals surface area contributed by atoms with Gasteiger partial charge in [-0.15, -0.1) is 0 Å². The van der Waals surface area contributed by atoms with Crippen LogP contribution in [0, 0.1) is 41.8 Å². The molecule has 4 saturated carbocycles. The topological polar surface area (TPSA) is 58.0 Å². The van der Waals surface area contributed by atoms with Crippen LogP contribution in [0.2, 0.25) is 0 Å². The zero-order valence-corrected chi connectivity index (χ0v) is 18.3. The molecule has 4 fully saturated rings. The number of nitrogens with one attached hydrogen (secondary N) is 2. The maximum atomic E-state index is 15.8. The molecule has 8 heteroatoms. The number of nitrogens with zero attached hydrogens (tertiary/aromatic N) is 3. The zero-order chi connectivity index (χ0) is 22.9. The van der Waals surface area contributed by atoms with Crippen LogP contribution < -0.4 is 5.32 Å². The van der Waals surface area contributed by atoms with E-state index >= 15 is 4.39 Å². The highest BCUT2D eigenvalue weighted by molar-refractivity contribution is 5.96. The summed E-state index contributed by atoms with van der Waals surface area (Å²) in [7, 11) is 0. The van der Waals surface area contributed by atoms with E-state index in [1.807, 2.05) is 0 Å². The number of hydrogen-bond donors (Lipinski definition) is 2. The van der Waals surface area contributed by atoms with E-state index in [9.17, 15) is 8.78 Å². The summed E-state index contributed by atoms with van der Waals surface area (Å²) in [5.74, 6) is -0.430. The molecule has 2 N–H and O–H groups in total. The molecule has 3 aromatic rings. The Kier molecular flexibility index (Phi) is 4.65. The van der Waals surface area contributed by atoms with Crippen LogP contribution in [0.3, 0.4) is 0 Å². The third kappa shape index (κ3) is 3.20. The van der Waals surface area contributed by atoms with E-state index in [1.165, 1.54) is 18.9 Å². The van der Waals surface area contributed by atoms with Crippen LogP contribution in [-0.2, 0) is 0 Å². The lowest BCUT2D eigenvalue weighted by molar-refractivity contribution is 0.0926. The van der Waals surface area contributed by atoms with Crippen molar-refractivity contribution in [1.82, 2.24) is 15.2 Å². The van der Waals surface area contributed by atoms with Crippen molar-refractivity contribution in [1.29, 1.82) is 0 Å². The van der Waals surface area contributed by atoms with Crippen molar-refractivity contribution in [2.45, 2.75) is 57.4 Å². The highest BCUT2D eigenvalue weighted by Crippen LogP contribution is 2.51. The fourth-order valence-corrected chi connectivity index (χ4v) is 6.08. The van der Waals surface area contributed by atoms with Gasteiger partial charge in [-0.2, -0.15) is 5.10 Å². The largest absolute Gasteiger partial charge is 0.364 e. The van der Waals surface area contributed by atoms with Crippen LogP contribution in [0.5, 0.6) is 0 Å². The predicted molar refractivity (Wildman–Crippen MR) is 119 cm³/mol. The lowest BCUT2D eigenvalue weighted by atomic mass is 9.62. The molecular formula is C25H24F3N5. The third-order valence-corrected chi connectivity index (χ3v) is 8.00. The fourth-order valence-electron chi connectivity index (χ4n) is 6.08. The molecule has 0 spiro atoms. The van der Waals surface area contributed by atoms with Gasteiger partial charge in [-0.3, -0.25) is 5.10 Å². The first kappa shape index (κ1) is 20.5. The first-order valence-corrected chi connectivity index (χ1v) is 11.7. The SMILES string of the molecule is [C-]#[N+]c1c(-c2[nH]nc3c(F)cc(F)cc23)nc(NC2C3CCC(CC3)C2C)c(F)c1C1CC1. The number of hydrogen-bond acceptors (Lipinski definition) is 3. The summed E-state index contributed by atoms with van der Waals surface area (Å²) in [6, 6.07) is 2.05. The van der Waals surface area contributed by atoms with Crippen molar-refractivity contribution in [3.63, 3.8) is 0 Å². The molecule has 2 heterocycles. The van der Waals surface area contributed by atoms with Gasteiger partial charge in [-0.05, 0) is 68.3 Å². The smallest absolute Gasteiger partial charge is 0.220 e. The number of aromatic nitrogens is 3. The molecule has 0 amide bonds. The number of pyridine rings is 1. The summed E-state index contributed by atoms with van der Waals surface area (Å²) >= 11 is 0. The lowest BCUT2D eigenvalue weighted by Gasteiger charge is -2.47. The lowest BCUT2D eigenvalue weighted by Crippen LogP contribution is -2.47. The molecule has 7 rings (SSSR count). The molecule has 4 aliphatic rings. The van der Waals surface area contributed by atoms with Gasteiger partial charge in [0.05, 0.1) is 18.0 Å². The molecule has 0 aliphatic heterocycles. The molecule has 5 nitrogen and oxygen atoms in total. The molecule has 2 atom stereocenters. The van der Waals surface area contributed by atoms with Gasteiger partial charge in [0, 0.05) is 23.1 Å². The maximum absolute atomic E-state index is 15.8. The monoisotopic (exact) mass is 451 g/mol.